The summed E-state index contributed by atoms with van der Waals surface area (Å²) in [5, 5.41) is 15.1. The van der Waals surface area contributed by atoms with Crippen molar-refractivity contribution < 1.29 is 14.3 Å². The lowest BCUT2D eigenvalue weighted by molar-refractivity contribution is 0.225. The van der Waals surface area contributed by atoms with Crippen LogP contribution in [0.1, 0.15) is 17.2 Å². The summed E-state index contributed by atoms with van der Waals surface area (Å²) in [6, 6.07) is 14.0. The molecule has 3 aromatic rings. The van der Waals surface area contributed by atoms with Gasteiger partial charge in [0.05, 0.1) is 18.8 Å². The summed E-state index contributed by atoms with van der Waals surface area (Å²) in [4.78, 5) is 16.4. The molecule has 0 spiro atoms. The van der Waals surface area contributed by atoms with Gasteiger partial charge < -0.3 is 20.2 Å². The molecule has 0 aliphatic heterocycles. The number of aromatic nitrogens is 1. The predicted molar refractivity (Wildman–Crippen MR) is 95.1 cm³/mol. The van der Waals surface area contributed by atoms with Crippen molar-refractivity contribution in [2.24, 2.45) is 0 Å². The summed E-state index contributed by atoms with van der Waals surface area (Å²) in [6.07, 6.45) is 3.07. The molecule has 1 heterocycles. The highest BCUT2D eigenvalue weighted by Gasteiger charge is 2.14. The van der Waals surface area contributed by atoms with Gasteiger partial charge >= 0.3 is 6.03 Å². The fourth-order valence-corrected chi connectivity index (χ4v) is 2.49. The van der Waals surface area contributed by atoms with Crippen LogP contribution in [0.2, 0.25) is 0 Å². The highest BCUT2D eigenvalue weighted by atomic mass is 16.3. The molecular weight excluding hydrogens is 318 g/mol. The van der Waals surface area contributed by atoms with E-state index in [9.17, 15) is 9.90 Å². The number of carbonyl (C=O) groups excluding carboxylic acids is 1. The Balaban J connectivity index is 1.73. The highest BCUT2D eigenvalue weighted by molar-refractivity contribution is 5.91. The molecule has 6 nitrogen and oxygen atoms in total. The van der Waals surface area contributed by atoms with Crippen LogP contribution in [-0.2, 0) is 0 Å². The van der Waals surface area contributed by atoms with E-state index in [2.05, 4.69) is 15.6 Å². The highest BCUT2D eigenvalue weighted by Crippen LogP contribution is 2.24. The molecule has 0 aliphatic carbocycles. The van der Waals surface area contributed by atoms with E-state index in [-0.39, 0.29) is 6.61 Å². The van der Waals surface area contributed by atoms with E-state index in [4.69, 9.17) is 4.42 Å². The second-order valence-corrected chi connectivity index (χ2v) is 5.61. The van der Waals surface area contributed by atoms with Crippen LogP contribution in [0.4, 0.5) is 10.5 Å². The van der Waals surface area contributed by atoms with Gasteiger partial charge in [-0.15, -0.1) is 0 Å². The van der Waals surface area contributed by atoms with Gasteiger partial charge in [-0.1, -0.05) is 36.4 Å². The standard InChI is InChI=1S/C19H19N3O3/c1-13-7-8-15(18-20-9-10-25-18)11-16(13)21-19(24)22-17(12-23)14-5-3-2-4-6-14/h2-11,17,23H,12H2,1H3,(H2,21,22,24)/t17-/m1/s1. The van der Waals surface area contributed by atoms with Crippen molar-refractivity contribution in [1.82, 2.24) is 10.3 Å². The summed E-state index contributed by atoms with van der Waals surface area (Å²) in [5.41, 5.74) is 3.17. The normalized spacial score (nSPS) is 11.8. The van der Waals surface area contributed by atoms with Gasteiger partial charge in [0.15, 0.2) is 0 Å². The van der Waals surface area contributed by atoms with Gasteiger partial charge in [-0.2, -0.15) is 0 Å². The second-order valence-electron chi connectivity index (χ2n) is 5.61. The molecule has 128 valence electrons. The van der Waals surface area contributed by atoms with E-state index in [1.54, 1.807) is 12.3 Å². The molecule has 0 aliphatic rings. The number of nitrogens with one attached hydrogen (secondary N) is 2. The number of anilines is 1. The maximum atomic E-state index is 12.3. The first-order chi connectivity index (χ1) is 12.2. The molecule has 1 aromatic heterocycles. The zero-order chi connectivity index (χ0) is 17.6. The third-order valence-corrected chi connectivity index (χ3v) is 3.85. The van der Waals surface area contributed by atoms with Crippen molar-refractivity contribution >= 4 is 11.7 Å². The van der Waals surface area contributed by atoms with Crippen molar-refractivity contribution in [1.29, 1.82) is 0 Å². The Kier molecular flexibility index (Phi) is 5.11. The Morgan fingerprint density at radius 1 is 1.24 bits per heavy atom. The Labute approximate surface area is 145 Å². The third-order valence-electron chi connectivity index (χ3n) is 3.85. The number of aliphatic hydroxyl groups is 1. The van der Waals surface area contributed by atoms with E-state index in [1.807, 2.05) is 49.4 Å². The molecule has 0 unspecified atom stereocenters. The average molecular weight is 337 g/mol. The minimum atomic E-state index is -0.476. The number of nitrogens with zero attached hydrogens (tertiary/aromatic N) is 1. The summed E-state index contributed by atoms with van der Waals surface area (Å²) < 4.78 is 5.29. The molecule has 6 heteroatoms. The smallest absolute Gasteiger partial charge is 0.319 e. The van der Waals surface area contributed by atoms with Gasteiger partial charge in [-0.3, -0.25) is 0 Å². The fraction of sp³-hybridized carbons (Fsp3) is 0.158. The van der Waals surface area contributed by atoms with Crippen LogP contribution in [0.25, 0.3) is 11.5 Å². The zero-order valence-electron chi connectivity index (χ0n) is 13.8. The van der Waals surface area contributed by atoms with Gasteiger partial charge in [0.2, 0.25) is 5.89 Å². The number of hydrogen-bond donors (Lipinski definition) is 3. The molecule has 0 radical (unpaired) electrons. The average Bonchev–Trinajstić information content (AvgIpc) is 3.17. The molecule has 0 bridgehead atoms. The van der Waals surface area contributed by atoms with Crippen LogP contribution >= 0.6 is 0 Å². The monoisotopic (exact) mass is 337 g/mol. The summed E-state index contributed by atoms with van der Waals surface area (Å²) in [6.45, 7) is 1.71. The number of urea groups is 1. The topological polar surface area (TPSA) is 87.4 Å². The molecule has 0 saturated carbocycles. The molecule has 3 rings (SSSR count). The van der Waals surface area contributed by atoms with Crippen molar-refractivity contribution in [3.05, 3.63) is 72.1 Å². The summed E-state index contributed by atoms with van der Waals surface area (Å²) in [5.74, 6) is 0.487. The van der Waals surface area contributed by atoms with Gasteiger partial charge in [0, 0.05) is 11.3 Å². The Hall–Kier alpha value is -3.12. The van der Waals surface area contributed by atoms with E-state index in [0.717, 1.165) is 16.7 Å². The fourth-order valence-electron chi connectivity index (χ4n) is 2.49. The number of aryl methyl sites for hydroxylation is 1. The number of carbonyl (C=O) groups is 1. The van der Waals surface area contributed by atoms with Gasteiger partial charge in [0.1, 0.15) is 6.26 Å². The number of oxazole rings is 1. The molecule has 2 amide bonds. The van der Waals surface area contributed by atoms with E-state index < -0.39 is 12.1 Å². The van der Waals surface area contributed by atoms with E-state index in [0.29, 0.717) is 11.6 Å². The largest absolute Gasteiger partial charge is 0.445 e. The van der Waals surface area contributed by atoms with Crippen LogP contribution in [0.15, 0.2) is 65.4 Å². The van der Waals surface area contributed by atoms with Crippen molar-refractivity contribution in [3.63, 3.8) is 0 Å². The Morgan fingerprint density at radius 2 is 2.04 bits per heavy atom. The molecular formula is C19H19N3O3. The molecule has 2 aromatic carbocycles. The van der Waals surface area contributed by atoms with Crippen LogP contribution in [0, 0.1) is 6.92 Å². The lowest BCUT2D eigenvalue weighted by Gasteiger charge is -2.18. The number of amides is 2. The van der Waals surface area contributed by atoms with Crippen molar-refractivity contribution in [3.8, 4) is 11.5 Å². The van der Waals surface area contributed by atoms with Crippen LogP contribution in [0.3, 0.4) is 0 Å². The summed E-state index contributed by atoms with van der Waals surface area (Å²) in [7, 11) is 0. The first kappa shape index (κ1) is 16.7. The zero-order valence-corrected chi connectivity index (χ0v) is 13.8. The second kappa shape index (κ2) is 7.63. The number of aliphatic hydroxyl groups excluding tert-OH is 1. The molecule has 3 N–H and O–H groups in total. The van der Waals surface area contributed by atoms with Gasteiger partial charge in [-0.05, 0) is 30.2 Å². The molecule has 25 heavy (non-hydrogen) atoms. The number of hydrogen-bond acceptors (Lipinski definition) is 4. The molecule has 0 fully saturated rings. The number of benzene rings is 2. The third kappa shape index (κ3) is 4.05. The minimum absolute atomic E-state index is 0.188. The first-order valence-electron chi connectivity index (χ1n) is 7.91. The summed E-state index contributed by atoms with van der Waals surface area (Å²) >= 11 is 0. The maximum absolute atomic E-state index is 12.3. The van der Waals surface area contributed by atoms with Crippen molar-refractivity contribution in [2.75, 3.05) is 11.9 Å². The SMILES string of the molecule is Cc1ccc(-c2ncco2)cc1NC(=O)N[C@H](CO)c1ccccc1. The number of rotatable bonds is 5. The molecule has 0 saturated heterocycles. The lowest BCUT2D eigenvalue weighted by Crippen LogP contribution is -2.34. The van der Waals surface area contributed by atoms with E-state index >= 15 is 0 Å². The van der Waals surface area contributed by atoms with Gasteiger partial charge in [0.25, 0.3) is 0 Å². The van der Waals surface area contributed by atoms with E-state index in [1.165, 1.54) is 6.26 Å². The van der Waals surface area contributed by atoms with Crippen LogP contribution in [0.5, 0.6) is 0 Å². The minimum Gasteiger partial charge on any atom is -0.445 e. The lowest BCUT2D eigenvalue weighted by atomic mass is 10.1. The van der Waals surface area contributed by atoms with Crippen molar-refractivity contribution in [2.45, 2.75) is 13.0 Å². The van der Waals surface area contributed by atoms with Gasteiger partial charge in [-0.25, -0.2) is 9.78 Å². The van der Waals surface area contributed by atoms with Crippen LogP contribution < -0.4 is 10.6 Å². The van der Waals surface area contributed by atoms with Crippen LogP contribution in [-0.4, -0.2) is 22.7 Å². The predicted octanol–water partition coefficient (Wildman–Crippen LogP) is 3.51. The Bertz CT molecular complexity index is 832. The quantitative estimate of drug-likeness (QED) is 0.665. The Morgan fingerprint density at radius 3 is 2.72 bits per heavy atom. The molecule has 1 atom stereocenters. The first-order valence-corrected chi connectivity index (χ1v) is 7.91. The maximum Gasteiger partial charge on any atom is 0.319 e.